The summed E-state index contributed by atoms with van der Waals surface area (Å²) in [5.41, 5.74) is 3.71. The standard InChI is InChI=1S/C23H23NO4/c1-27-22(25)18-9-5-8-17(12-18)19-13-20-10-11-21(14-19)24(20)23(26)28-15-16-6-3-2-4-7-16/h2-9,12-13,20-21H,10-11,14-15H2,1H3. The average Bonchev–Trinajstić information content (AvgIpc) is 3.01. The summed E-state index contributed by atoms with van der Waals surface area (Å²) < 4.78 is 10.4. The Morgan fingerprint density at radius 1 is 1.07 bits per heavy atom. The molecule has 2 aliphatic heterocycles. The van der Waals surface area contributed by atoms with Gasteiger partial charge in [0, 0.05) is 6.04 Å². The number of benzene rings is 2. The van der Waals surface area contributed by atoms with Crippen LogP contribution in [0.2, 0.25) is 0 Å². The number of rotatable bonds is 4. The van der Waals surface area contributed by atoms with Gasteiger partial charge in [0.2, 0.25) is 0 Å². The maximum atomic E-state index is 12.7. The number of carbonyl (C=O) groups excluding carboxylic acids is 2. The van der Waals surface area contributed by atoms with E-state index in [1.54, 1.807) is 6.07 Å². The van der Waals surface area contributed by atoms with Gasteiger partial charge in [-0.2, -0.15) is 0 Å². The molecule has 5 heteroatoms. The summed E-state index contributed by atoms with van der Waals surface area (Å²) in [5.74, 6) is -0.340. The lowest BCUT2D eigenvalue weighted by Gasteiger charge is -2.33. The molecule has 0 N–H and O–H groups in total. The summed E-state index contributed by atoms with van der Waals surface area (Å²) in [7, 11) is 1.38. The van der Waals surface area contributed by atoms with E-state index in [0.29, 0.717) is 5.56 Å². The van der Waals surface area contributed by atoms with Crippen molar-refractivity contribution >= 4 is 17.6 Å². The molecule has 2 unspecified atom stereocenters. The van der Waals surface area contributed by atoms with Crippen molar-refractivity contribution in [2.75, 3.05) is 7.11 Å². The summed E-state index contributed by atoms with van der Waals surface area (Å²) in [6.07, 6.45) is 4.55. The van der Waals surface area contributed by atoms with Crippen molar-refractivity contribution in [3.63, 3.8) is 0 Å². The first kappa shape index (κ1) is 18.3. The van der Waals surface area contributed by atoms with Gasteiger partial charge in [0.25, 0.3) is 0 Å². The van der Waals surface area contributed by atoms with Crippen molar-refractivity contribution in [3.8, 4) is 0 Å². The molecular formula is C23H23NO4. The van der Waals surface area contributed by atoms with Crippen LogP contribution in [0.5, 0.6) is 0 Å². The van der Waals surface area contributed by atoms with Crippen LogP contribution in [0.1, 0.15) is 40.7 Å². The molecule has 4 rings (SSSR count). The second kappa shape index (κ2) is 7.89. The molecule has 2 atom stereocenters. The van der Waals surface area contributed by atoms with Crippen molar-refractivity contribution in [2.45, 2.75) is 38.0 Å². The lowest BCUT2D eigenvalue weighted by atomic mass is 9.94. The molecule has 2 aromatic carbocycles. The Hall–Kier alpha value is -3.08. The Morgan fingerprint density at radius 3 is 2.64 bits per heavy atom. The van der Waals surface area contributed by atoms with Crippen molar-refractivity contribution in [1.29, 1.82) is 0 Å². The Labute approximate surface area is 164 Å². The number of amides is 1. The molecule has 2 bridgehead atoms. The Bertz CT molecular complexity index is 906. The quantitative estimate of drug-likeness (QED) is 0.740. The number of carbonyl (C=O) groups is 2. The molecule has 1 amide bonds. The van der Waals surface area contributed by atoms with Crippen molar-refractivity contribution in [3.05, 3.63) is 77.4 Å². The third-order valence-corrected chi connectivity index (χ3v) is 5.47. The zero-order valence-corrected chi connectivity index (χ0v) is 15.8. The lowest BCUT2D eigenvalue weighted by molar-refractivity contribution is 0.0600. The van der Waals surface area contributed by atoms with Gasteiger partial charge in [0.1, 0.15) is 6.61 Å². The Balaban J connectivity index is 1.48. The van der Waals surface area contributed by atoms with Gasteiger partial charge < -0.3 is 9.47 Å². The number of nitrogens with zero attached hydrogens (tertiary/aromatic N) is 1. The molecule has 0 radical (unpaired) electrons. The van der Waals surface area contributed by atoms with E-state index in [2.05, 4.69) is 6.08 Å². The number of esters is 1. The normalized spacial score (nSPS) is 20.5. The lowest BCUT2D eigenvalue weighted by Crippen LogP contribution is -2.43. The summed E-state index contributed by atoms with van der Waals surface area (Å²) in [5, 5.41) is 0. The molecule has 2 heterocycles. The van der Waals surface area contributed by atoms with Crippen LogP contribution in [0, 0.1) is 0 Å². The minimum Gasteiger partial charge on any atom is -0.465 e. The fourth-order valence-electron chi connectivity index (χ4n) is 4.09. The highest BCUT2D eigenvalue weighted by Crippen LogP contribution is 2.39. The van der Waals surface area contributed by atoms with E-state index in [0.717, 1.165) is 30.4 Å². The van der Waals surface area contributed by atoms with E-state index in [-0.39, 0.29) is 30.8 Å². The first-order valence-electron chi connectivity index (χ1n) is 9.54. The number of methoxy groups -OCH3 is 1. The fourth-order valence-corrected chi connectivity index (χ4v) is 4.09. The number of ether oxygens (including phenoxy) is 2. The maximum Gasteiger partial charge on any atom is 0.410 e. The van der Waals surface area contributed by atoms with Gasteiger partial charge in [-0.3, -0.25) is 4.90 Å². The third-order valence-electron chi connectivity index (χ3n) is 5.47. The van der Waals surface area contributed by atoms with Gasteiger partial charge in [-0.25, -0.2) is 9.59 Å². The molecular weight excluding hydrogens is 354 g/mol. The minimum atomic E-state index is -0.340. The van der Waals surface area contributed by atoms with Crippen LogP contribution in [0.4, 0.5) is 4.79 Å². The van der Waals surface area contributed by atoms with Crippen LogP contribution >= 0.6 is 0 Å². The molecule has 2 aromatic rings. The van der Waals surface area contributed by atoms with Gasteiger partial charge >= 0.3 is 12.1 Å². The van der Waals surface area contributed by atoms with Crippen LogP contribution in [0.25, 0.3) is 5.57 Å². The molecule has 2 aliphatic rings. The van der Waals surface area contributed by atoms with Crippen LogP contribution in [-0.2, 0) is 16.1 Å². The monoisotopic (exact) mass is 377 g/mol. The minimum absolute atomic E-state index is 0.0406. The summed E-state index contributed by atoms with van der Waals surface area (Å²) >= 11 is 0. The highest BCUT2D eigenvalue weighted by molar-refractivity contribution is 5.90. The molecule has 5 nitrogen and oxygen atoms in total. The molecule has 0 aromatic heterocycles. The number of hydrogen-bond acceptors (Lipinski definition) is 4. The van der Waals surface area contributed by atoms with Crippen molar-refractivity contribution in [2.24, 2.45) is 0 Å². The van der Waals surface area contributed by atoms with Gasteiger partial charge in [-0.15, -0.1) is 0 Å². The molecule has 0 aliphatic carbocycles. The second-order valence-corrected chi connectivity index (χ2v) is 7.21. The molecule has 1 saturated heterocycles. The van der Waals surface area contributed by atoms with Crippen molar-refractivity contribution in [1.82, 2.24) is 4.90 Å². The van der Waals surface area contributed by atoms with E-state index < -0.39 is 0 Å². The van der Waals surface area contributed by atoms with Crippen LogP contribution in [0.3, 0.4) is 0 Å². The topological polar surface area (TPSA) is 55.8 Å². The first-order chi connectivity index (χ1) is 13.7. The predicted octanol–water partition coefficient (Wildman–Crippen LogP) is 4.43. The SMILES string of the molecule is COC(=O)c1cccc(C2=CC3CCC(C2)N3C(=O)OCc2ccccc2)c1. The molecule has 0 saturated carbocycles. The Kier molecular flexibility index (Phi) is 5.15. The molecule has 144 valence electrons. The average molecular weight is 377 g/mol. The summed E-state index contributed by atoms with van der Waals surface area (Å²) in [6, 6.07) is 17.4. The number of fused-ring (bicyclic) bond motifs is 2. The van der Waals surface area contributed by atoms with Gasteiger partial charge in [-0.1, -0.05) is 48.5 Å². The van der Waals surface area contributed by atoms with Crippen molar-refractivity contribution < 1.29 is 19.1 Å². The largest absolute Gasteiger partial charge is 0.465 e. The van der Waals surface area contributed by atoms with E-state index >= 15 is 0 Å². The van der Waals surface area contributed by atoms with E-state index in [4.69, 9.17) is 9.47 Å². The Morgan fingerprint density at radius 2 is 1.89 bits per heavy atom. The van der Waals surface area contributed by atoms with Gasteiger partial charge in [0.15, 0.2) is 0 Å². The zero-order chi connectivity index (χ0) is 19.5. The van der Waals surface area contributed by atoms with E-state index in [1.165, 1.54) is 12.7 Å². The fraction of sp³-hybridized carbons (Fsp3) is 0.304. The smallest absolute Gasteiger partial charge is 0.410 e. The highest BCUT2D eigenvalue weighted by atomic mass is 16.6. The first-order valence-corrected chi connectivity index (χ1v) is 9.54. The maximum absolute atomic E-state index is 12.7. The third kappa shape index (κ3) is 3.65. The van der Waals surface area contributed by atoms with Gasteiger partial charge in [-0.05, 0) is 48.1 Å². The molecule has 1 fully saturated rings. The zero-order valence-electron chi connectivity index (χ0n) is 15.8. The molecule has 0 spiro atoms. The predicted molar refractivity (Wildman–Crippen MR) is 106 cm³/mol. The summed E-state index contributed by atoms with van der Waals surface area (Å²) in [4.78, 5) is 26.4. The van der Waals surface area contributed by atoms with E-state index in [9.17, 15) is 9.59 Å². The van der Waals surface area contributed by atoms with Crippen LogP contribution < -0.4 is 0 Å². The summed E-state index contributed by atoms with van der Waals surface area (Å²) in [6.45, 7) is 0.285. The molecule has 28 heavy (non-hydrogen) atoms. The van der Waals surface area contributed by atoms with Crippen LogP contribution in [0.15, 0.2) is 60.7 Å². The van der Waals surface area contributed by atoms with E-state index in [1.807, 2.05) is 53.4 Å². The van der Waals surface area contributed by atoms with Crippen LogP contribution in [-0.4, -0.2) is 36.2 Å². The number of hydrogen-bond donors (Lipinski definition) is 0. The highest BCUT2D eigenvalue weighted by Gasteiger charge is 2.40. The van der Waals surface area contributed by atoms with Gasteiger partial charge in [0.05, 0.1) is 18.7 Å². The second-order valence-electron chi connectivity index (χ2n) is 7.21.